The lowest BCUT2D eigenvalue weighted by Crippen LogP contribution is -2.39. The van der Waals surface area contributed by atoms with Crippen LogP contribution in [0.2, 0.25) is 0 Å². The summed E-state index contributed by atoms with van der Waals surface area (Å²) in [5.41, 5.74) is 2.68. The van der Waals surface area contributed by atoms with Crippen molar-refractivity contribution in [2.24, 2.45) is 4.99 Å². The van der Waals surface area contributed by atoms with Gasteiger partial charge in [0.2, 0.25) is 0 Å². The maximum Gasteiger partial charge on any atom is 0.190 e. The minimum Gasteiger partial charge on any atom is -0.356 e. The Balaban J connectivity index is 0.00000312. The normalized spacial score (nSPS) is 16.4. The first-order valence-corrected chi connectivity index (χ1v) is 9.42. The van der Waals surface area contributed by atoms with Gasteiger partial charge in [-0.3, -0.25) is 4.99 Å². The Labute approximate surface area is 170 Å². The smallest absolute Gasteiger partial charge is 0.190 e. The van der Waals surface area contributed by atoms with E-state index in [2.05, 4.69) is 58.6 Å². The van der Waals surface area contributed by atoms with Crippen LogP contribution in [0.15, 0.2) is 29.3 Å². The molecular weight excluding hydrogens is 423 g/mol. The van der Waals surface area contributed by atoms with Crippen molar-refractivity contribution in [3.05, 3.63) is 35.4 Å². The van der Waals surface area contributed by atoms with Gasteiger partial charge in [-0.1, -0.05) is 36.8 Å². The van der Waals surface area contributed by atoms with E-state index >= 15 is 0 Å². The molecule has 0 aliphatic carbocycles. The molecule has 4 nitrogen and oxygen atoms in total. The van der Waals surface area contributed by atoms with Gasteiger partial charge in [0.05, 0.1) is 0 Å². The lowest BCUT2D eigenvalue weighted by Gasteiger charge is -2.17. The molecule has 0 amide bonds. The number of nitrogens with one attached hydrogen (secondary N) is 2. The zero-order valence-corrected chi connectivity index (χ0v) is 18.4. The fraction of sp³-hybridized carbons (Fsp3) is 0.650. The number of aryl methyl sites for hydroxylation is 1. The molecule has 2 rings (SSSR count). The maximum atomic E-state index is 4.33. The van der Waals surface area contributed by atoms with Gasteiger partial charge in [0.1, 0.15) is 0 Å². The van der Waals surface area contributed by atoms with E-state index in [1.807, 2.05) is 7.05 Å². The molecule has 1 aromatic carbocycles. The van der Waals surface area contributed by atoms with Crippen LogP contribution in [0.5, 0.6) is 0 Å². The molecule has 25 heavy (non-hydrogen) atoms. The lowest BCUT2D eigenvalue weighted by molar-refractivity contribution is 0.330. The minimum absolute atomic E-state index is 0. The summed E-state index contributed by atoms with van der Waals surface area (Å²) in [5.74, 6) is 1.38. The SMILES string of the molecule is CN=C(NCCCCN1CCCC1)NCC(C)c1ccc(C)cc1.I. The van der Waals surface area contributed by atoms with Crippen LogP contribution in [0.4, 0.5) is 0 Å². The second-order valence-electron chi connectivity index (χ2n) is 6.95. The number of aliphatic imine (C=N–C) groups is 1. The number of nitrogens with zero attached hydrogens (tertiary/aromatic N) is 2. The van der Waals surface area contributed by atoms with Crippen LogP contribution in [0, 0.1) is 6.92 Å². The molecule has 1 heterocycles. The van der Waals surface area contributed by atoms with Crippen LogP contribution in [0.25, 0.3) is 0 Å². The summed E-state index contributed by atoms with van der Waals surface area (Å²) in [6.45, 7) is 10.1. The summed E-state index contributed by atoms with van der Waals surface area (Å²) in [7, 11) is 1.84. The van der Waals surface area contributed by atoms with Crippen LogP contribution in [-0.2, 0) is 0 Å². The second-order valence-corrected chi connectivity index (χ2v) is 6.95. The predicted octanol–water partition coefficient (Wildman–Crippen LogP) is 3.76. The van der Waals surface area contributed by atoms with E-state index in [4.69, 9.17) is 0 Å². The standard InChI is InChI=1S/C20H34N4.HI/c1-17-8-10-19(11-9-17)18(2)16-23-20(21-3)22-12-4-5-13-24-14-6-7-15-24;/h8-11,18H,4-7,12-16H2,1-3H3,(H2,21,22,23);1H. The number of likely N-dealkylation sites (tertiary alicyclic amines) is 1. The topological polar surface area (TPSA) is 39.7 Å². The van der Waals surface area contributed by atoms with E-state index in [1.54, 1.807) is 0 Å². The van der Waals surface area contributed by atoms with E-state index in [0.717, 1.165) is 19.0 Å². The number of rotatable bonds is 8. The highest BCUT2D eigenvalue weighted by molar-refractivity contribution is 14.0. The quantitative estimate of drug-likeness (QED) is 0.270. The average Bonchev–Trinajstić information content (AvgIpc) is 3.11. The zero-order chi connectivity index (χ0) is 17.2. The first-order valence-electron chi connectivity index (χ1n) is 9.42. The molecule has 0 aromatic heterocycles. The lowest BCUT2D eigenvalue weighted by atomic mass is 10.0. The maximum absolute atomic E-state index is 4.33. The van der Waals surface area contributed by atoms with E-state index in [0.29, 0.717) is 5.92 Å². The minimum atomic E-state index is 0. The molecule has 1 aromatic rings. The molecule has 142 valence electrons. The molecule has 0 saturated carbocycles. The fourth-order valence-electron chi connectivity index (χ4n) is 3.16. The zero-order valence-electron chi connectivity index (χ0n) is 16.1. The molecule has 5 heteroatoms. The Hall–Kier alpha value is -0.820. The third-order valence-corrected chi connectivity index (χ3v) is 4.84. The fourth-order valence-corrected chi connectivity index (χ4v) is 3.16. The van der Waals surface area contributed by atoms with Crippen LogP contribution in [-0.4, -0.2) is 50.6 Å². The summed E-state index contributed by atoms with van der Waals surface area (Å²) in [6, 6.07) is 8.80. The van der Waals surface area contributed by atoms with Crippen LogP contribution < -0.4 is 10.6 Å². The molecule has 1 aliphatic rings. The molecule has 1 fully saturated rings. The molecule has 1 atom stereocenters. The Kier molecular flexibility index (Phi) is 11.1. The number of unbranched alkanes of at least 4 members (excludes halogenated alkanes) is 1. The van der Waals surface area contributed by atoms with Gasteiger partial charge in [0.25, 0.3) is 0 Å². The van der Waals surface area contributed by atoms with Crippen molar-refractivity contribution >= 4 is 29.9 Å². The number of hydrogen-bond donors (Lipinski definition) is 2. The van der Waals surface area contributed by atoms with Gasteiger partial charge >= 0.3 is 0 Å². The van der Waals surface area contributed by atoms with Crippen molar-refractivity contribution in [2.45, 2.75) is 45.4 Å². The first-order chi connectivity index (χ1) is 11.7. The summed E-state index contributed by atoms with van der Waals surface area (Å²) in [4.78, 5) is 6.91. The van der Waals surface area contributed by atoms with Gasteiger partial charge in [-0.2, -0.15) is 0 Å². The summed E-state index contributed by atoms with van der Waals surface area (Å²) >= 11 is 0. The molecule has 0 spiro atoms. The third kappa shape index (κ3) is 8.40. The molecule has 0 bridgehead atoms. The molecule has 1 unspecified atom stereocenters. The monoisotopic (exact) mass is 458 g/mol. The number of hydrogen-bond acceptors (Lipinski definition) is 2. The molecule has 2 N–H and O–H groups in total. The van der Waals surface area contributed by atoms with Crippen molar-refractivity contribution in [2.75, 3.05) is 39.8 Å². The van der Waals surface area contributed by atoms with Crippen LogP contribution in [0.1, 0.15) is 49.7 Å². The van der Waals surface area contributed by atoms with Gasteiger partial charge in [-0.15, -0.1) is 24.0 Å². The number of benzene rings is 1. The summed E-state index contributed by atoms with van der Waals surface area (Å²) in [5, 5.41) is 6.87. The van der Waals surface area contributed by atoms with Gasteiger partial charge in [0.15, 0.2) is 5.96 Å². The van der Waals surface area contributed by atoms with Crippen LogP contribution in [0.3, 0.4) is 0 Å². The Morgan fingerprint density at radius 3 is 2.44 bits per heavy atom. The second kappa shape index (κ2) is 12.5. The predicted molar refractivity (Wildman–Crippen MR) is 119 cm³/mol. The van der Waals surface area contributed by atoms with Crippen molar-refractivity contribution in [3.63, 3.8) is 0 Å². The summed E-state index contributed by atoms with van der Waals surface area (Å²) < 4.78 is 0. The van der Waals surface area contributed by atoms with Gasteiger partial charge in [-0.05, 0) is 63.7 Å². The Bertz CT molecular complexity index is 495. The molecule has 1 saturated heterocycles. The molecule has 1 aliphatic heterocycles. The first kappa shape index (κ1) is 22.2. The van der Waals surface area contributed by atoms with Crippen molar-refractivity contribution in [3.8, 4) is 0 Å². The van der Waals surface area contributed by atoms with E-state index in [-0.39, 0.29) is 24.0 Å². The highest BCUT2D eigenvalue weighted by Crippen LogP contribution is 2.14. The largest absolute Gasteiger partial charge is 0.356 e. The van der Waals surface area contributed by atoms with Gasteiger partial charge < -0.3 is 15.5 Å². The number of guanidine groups is 1. The van der Waals surface area contributed by atoms with Crippen molar-refractivity contribution < 1.29 is 0 Å². The highest BCUT2D eigenvalue weighted by atomic mass is 127. The summed E-state index contributed by atoms with van der Waals surface area (Å²) in [6.07, 6.45) is 5.23. The third-order valence-electron chi connectivity index (χ3n) is 4.84. The van der Waals surface area contributed by atoms with Crippen molar-refractivity contribution in [1.29, 1.82) is 0 Å². The molecule has 0 radical (unpaired) electrons. The van der Waals surface area contributed by atoms with E-state index < -0.39 is 0 Å². The Morgan fingerprint density at radius 2 is 1.80 bits per heavy atom. The van der Waals surface area contributed by atoms with Crippen LogP contribution >= 0.6 is 24.0 Å². The van der Waals surface area contributed by atoms with Gasteiger partial charge in [0, 0.05) is 20.1 Å². The van der Waals surface area contributed by atoms with Crippen molar-refractivity contribution in [1.82, 2.24) is 15.5 Å². The molecular formula is C20H35IN4. The average molecular weight is 458 g/mol. The van der Waals surface area contributed by atoms with E-state index in [9.17, 15) is 0 Å². The number of halogens is 1. The Morgan fingerprint density at radius 1 is 1.12 bits per heavy atom. The van der Waals surface area contributed by atoms with E-state index in [1.165, 1.54) is 56.4 Å². The van der Waals surface area contributed by atoms with Gasteiger partial charge in [-0.25, -0.2) is 0 Å². The highest BCUT2D eigenvalue weighted by Gasteiger charge is 2.10.